The summed E-state index contributed by atoms with van der Waals surface area (Å²) < 4.78 is 5.57. The van der Waals surface area contributed by atoms with E-state index >= 15 is 0 Å². The Bertz CT molecular complexity index is 256. The van der Waals surface area contributed by atoms with Crippen molar-refractivity contribution in [3.8, 4) is 12.3 Å². The van der Waals surface area contributed by atoms with E-state index in [0.29, 0.717) is 12.6 Å². The van der Waals surface area contributed by atoms with Crippen LogP contribution in [0.4, 0.5) is 0 Å². The normalized spacial score (nSPS) is 35.8. The minimum absolute atomic E-state index is 0.0482. The van der Waals surface area contributed by atoms with Gasteiger partial charge in [-0.1, -0.05) is 5.92 Å². The van der Waals surface area contributed by atoms with E-state index in [0.717, 1.165) is 19.3 Å². The van der Waals surface area contributed by atoms with Crippen LogP contribution in [0.3, 0.4) is 0 Å². The average Bonchev–Trinajstić information content (AvgIpc) is 2.74. The van der Waals surface area contributed by atoms with Crippen LogP contribution in [-0.2, 0) is 9.53 Å². The van der Waals surface area contributed by atoms with E-state index in [4.69, 9.17) is 11.2 Å². The maximum absolute atomic E-state index is 11.5. The zero-order valence-electron chi connectivity index (χ0n) is 7.45. The number of carbonyl (C=O) groups excluding carboxylic acids is 1. The third-order valence-electron chi connectivity index (χ3n) is 2.81. The molecule has 0 saturated carbocycles. The molecule has 3 nitrogen and oxygen atoms in total. The average molecular weight is 179 g/mol. The number of terminal acetylenes is 1. The number of amides is 1. The van der Waals surface area contributed by atoms with Crippen LogP contribution >= 0.6 is 0 Å². The molecule has 0 aromatic rings. The maximum atomic E-state index is 11.5. The van der Waals surface area contributed by atoms with Crippen molar-refractivity contribution in [2.75, 3.05) is 6.54 Å². The molecule has 2 aliphatic heterocycles. The van der Waals surface area contributed by atoms with Crippen molar-refractivity contribution in [1.82, 2.24) is 5.32 Å². The van der Waals surface area contributed by atoms with Gasteiger partial charge in [-0.05, 0) is 19.3 Å². The zero-order chi connectivity index (χ0) is 9.26. The summed E-state index contributed by atoms with van der Waals surface area (Å²) in [6, 6.07) is 0. The smallest absolute Gasteiger partial charge is 0.226 e. The van der Waals surface area contributed by atoms with E-state index in [2.05, 4.69) is 11.2 Å². The molecule has 0 aliphatic carbocycles. The quantitative estimate of drug-likeness (QED) is 0.619. The first-order chi connectivity index (χ1) is 6.31. The minimum Gasteiger partial charge on any atom is -0.374 e. The highest BCUT2D eigenvalue weighted by molar-refractivity contribution is 5.80. The van der Waals surface area contributed by atoms with Crippen LogP contribution < -0.4 is 5.32 Å². The third-order valence-corrected chi connectivity index (χ3v) is 2.81. The monoisotopic (exact) mass is 179 g/mol. The first kappa shape index (κ1) is 8.58. The lowest BCUT2D eigenvalue weighted by molar-refractivity contribution is -0.126. The van der Waals surface area contributed by atoms with E-state index in [1.54, 1.807) is 0 Å². The number of fused-ring (bicyclic) bond motifs is 2. The molecule has 0 aromatic carbocycles. The Morgan fingerprint density at radius 1 is 1.62 bits per heavy atom. The highest BCUT2D eigenvalue weighted by Gasteiger charge is 2.44. The Morgan fingerprint density at radius 3 is 3.00 bits per heavy atom. The summed E-state index contributed by atoms with van der Waals surface area (Å²) in [5.41, 5.74) is 0. The number of hydrogen-bond donors (Lipinski definition) is 1. The zero-order valence-corrected chi connectivity index (χ0v) is 7.45. The summed E-state index contributed by atoms with van der Waals surface area (Å²) >= 11 is 0. The first-order valence-electron chi connectivity index (χ1n) is 4.68. The topological polar surface area (TPSA) is 38.3 Å². The van der Waals surface area contributed by atoms with Crippen molar-refractivity contribution >= 4 is 5.91 Å². The fourth-order valence-electron chi connectivity index (χ4n) is 2.18. The van der Waals surface area contributed by atoms with Crippen LogP contribution in [-0.4, -0.2) is 24.7 Å². The largest absolute Gasteiger partial charge is 0.374 e. The summed E-state index contributed by atoms with van der Waals surface area (Å²) in [4.78, 5) is 11.5. The first-order valence-corrected chi connectivity index (χ1v) is 4.68. The Labute approximate surface area is 77.8 Å². The van der Waals surface area contributed by atoms with Gasteiger partial charge in [0.1, 0.15) is 0 Å². The molecule has 2 fully saturated rings. The molecule has 2 aliphatic rings. The van der Waals surface area contributed by atoms with Crippen LogP contribution in [0.15, 0.2) is 0 Å². The molecule has 2 saturated heterocycles. The minimum atomic E-state index is 0.0482. The standard InChI is InChI=1S/C10H13NO2/c1-2-5-11-10(12)8-6-7-3-4-9(8)13-7/h1,7-9H,3-6H2,(H,11,12). The van der Waals surface area contributed by atoms with E-state index in [9.17, 15) is 4.79 Å². The fraction of sp³-hybridized carbons (Fsp3) is 0.700. The predicted octanol–water partition coefficient (Wildman–Crippen LogP) is 0.303. The van der Waals surface area contributed by atoms with Crippen LogP contribution in [0.5, 0.6) is 0 Å². The molecule has 1 N–H and O–H groups in total. The van der Waals surface area contributed by atoms with Gasteiger partial charge >= 0.3 is 0 Å². The summed E-state index contributed by atoms with van der Waals surface area (Å²) in [7, 11) is 0. The molecule has 2 bridgehead atoms. The third kappa shape index (κ3) is 1.54. The summed E-state index contributed by atoms with van der Waals surface area (Å²) in [5.74, 6) is 2.50. The number of hydrogen-bond acceptors (Lipinski definition) is 2. The molecule has 3 heteroatoms. The van der Waals surface area contributed by atoms with Gasteiger partial charge in [0, 0.05) is 0 Å². The Balaban J connectivity index is 1.88. The Morgan fingerprint density at radius 2 is 2.46 bits per heavy atom. The van der Waals surface area contributed by atoms with Gasteiger partial charge in [0.15, 0.2) is 0 Å². The highest BCUT2D eigenvalue weighted by Crippen LogP contribution is 2.38. The van der Waals surface area contributed by atoms with Gasteiger partial charge in [-0.25, -0.2) is 0 Å². The number of ether oxygens (including phenoxy) is 1. The second-order valence-corrected chi connectivity index (χ2v) is 3.64. The van der Waals surface area contributed by atoms with Gasteiger partial charge in [0.25, 0.3) is 0 Å². The molecule has 0 radical (unpaired) electrons. The summed E-state index contributed by atoms with van der Waals surface area (Å²) in [5, 5.41) is 2.70. The Hall–Kier alpha value is -1.01. The second kappa shape index (κ2) is 3.39. The van der Waals surface area contributed by atoms with E-state index < -0.39 is 0 Å². The van der Waals surface area contributed by atoms with E-state index in [1.807, 2.05) is 0 Å². The van der Waals surface area contributed by atoms with Gasteiger partial charge in [-0.3, -0.25) is 4.79 Å². The van der Waals surface area contributed by atoms with Crippen molar-refractivity contribution in [1.29, 1.82) is 0 Å². The van der Waals surface area contributed by atoms with Crippen LogP contribution in [0.1, 0.15) is 19.3 Å². The lowest BCUT2D eigenvalue weighted by Gasteiger charge is -2.16. The molecule has 3 atom stereocenters. The molecule has 13 heavy (non-hydrogen) atoms. The van der Waals surface area contributed by atoms with Crippen molar-refractivity contribution in [3.63, 3.8) is 0 Å². The van der Waals surface area contributed by atoms with Crippen molar-refractivity contribution in [3.05, 3.63) is 0 Å². The number of rotatable bonds is 2. The van der Waals surface area contributed by atoms with Crippen LogP contribution in [0.2, 0.25) is 0 Å². The lowest BCUT2D eigenvalue weighted by atomic mass is 9.88. The molecular formula is C10H13NO2. The van der Waals surface area contributed by atoms with Crippen LogP contribution in [0, 0.1) is 18.3 Å². The molecule has 0 aromatic heterocycles. The molecule has 0 spiro atoms. The van der Waals surface area contributed by atoms with Crippen molar-refractivity contribution < 1.29 is 9.53 Å². The molecule has 1 amide bonds. The number of nitrogens with one attached hydrogen (secondary N) is 1. The van der Waals surface area contributed by atoms with Gasteiger partial charge in [0.2, 0.25) is 5.91 Å². The molecule has 2 rings (SSSR count). The van der Waals surface area contributed by atoms with Gasteiger partial charge in [0.05, 0.1) is 24.7 Å². The second-order valence-electron chi connectivity index (χ2n) is 3.64. The summed E-state index contributed by atoms with van der Waals surface area (Å²) in [6.45, 7) is 0.326. The fourth-order valence-corrected chi connectivity index (χ4v) is 2.18. The SMILES string of the molecule is C#CCNC(=O)C1CC2CCC1O2. The lowest BCUT2D eigenvalue weighted by Crippen LogP contribution is -2.36. The van der Waals surface area contributed by atoms with Crippen molar-refractivity contribution in [2.24, 2.45) is 5.92 Å². The van der Waals surface area contributed by atoms with E-state index in [1.165, 1.54) is 0 Å². The van der Waals surface area contributed by atoms with Crippen molar-refractivity contribution in [2.45, 2.75) is 31.5 Å². The highest BCUT2D eigenvalue weighted by atomic mass is 16.5. The summed E-state index contributed by atoms with van der Waals surface area (Å²) in [6.07, 6.45) is 8.55. The van der Waals surface area contributed by atoms with Gasteiger partial charge < -0.3 is 10.1 Å². The van der Waals surface area contributed by atoms with Gasteiger partial charge in [-0.2, -0.15) is 0 Å². The van der Waals surface area contributed by atoms with Crippen LogP contribution in [0.25, 0.3) is 0 Å². The molecule has 3 unspecified atom stereocenters. The number of carbonyl (C=O) groups is 1. The van der Waals surface area contributed by atoms with E-state index in [-0.39, 0.29) is 17.9 Å². The Kier molecular flexibility index (Phi) is 2.24. The molecular weight excluding hydrogens is 166 g/mol. The predicted molar refractivity (Wildman–Crippen MR) is 47.8 cm³/mol. The van der Waals surface area contributed by atoms with Gasteiger partial charge in [-0.15, -0.1) is 6.42 Å². The molecule has 70 valence electrons. The maximum Gasteiger partial charge on any atom is 0.226 e. The molecule has 2 heterocycles.